The lowest BCUT2D eigenvalue weighted by atomic mass is 10.0. The molecule has 1 unspecified atom stereocenters. The molecule has 0 bridgehead atoms. The quantitative estimate of drug-likeness (QED) is 0.882. The van der Waals surface area contributed by atoms with Gasteiger partial charge in [0.1, 0.15) is 0 Å². The molecule has 1 aromatic heterocycles. The molecule has 1 atom stereocenters. The lowest BCUT2D eigenvalue weighted by molar-refractivity contribution is 0.0625. The molecule has 24 heavy (non-hydrogen) atoms. The van der Waals surface area contributed by atoms with Crippen molar-refractivity contribution in [2.24, 2.45) is 5.92 Å². The Morgan fingerprint density at radius 1 is 1.08 bits per heavy atom. The predicted molar refractivity (Wildman–Crippen MR) is 91.8 cm³/mol. The Morgan fingerprint density at radius 2 is 1.75 bits per heavy atom. The molecular formula is C19H22N2O3. The molecule has 5 nitrogen and oxygen atoms in total. The number of hydrogen-bond acceptors (Lipinski definition) is 3. The maximum atomic E-state index is 12.9. The fourth-order valence-electron chi connectivity index (χ4n) is 2.37. The van der Waals surface area contributed by atoms with Gasteiger partial charge < -0.3 is 10.0 Å². The van der Waals surface area contributed by atoms with Crippen molar-refractivity contribution in [1.82, 2.24) is 9.88 Å². The van der Waals surface area contributed by atoms with Crippen LogP contribution < -0.4 is 0 Å². The average Bonchev–Trinajstić information content (AvgIpc) is 2.59. The second-order valence-electron chi connectivity index (χ2n) is 6.16. The van der Waals surface area contributed by atoms with E-state index < -0.39 is 5.97 Å². The summed E-state index contributed by atoms with van der Waals surface area (Å²) in [5, 5.41) is 8.98. The van der Waals surface area contributed by atoms with Crippen molar-refractivity contribution in [3.63, 3.8) is 0 Å². The van der Waals surface area contributed by atoms with Gasteiger partial charge in [-0.1, -0.05) is 26.0 Å². The predicted octanol–water partition coefficient (Wildman–Crippen LogP) is 3.47. The summed E-state index contributed by atoms with van der Waals surface area (Å²) >= 11 is 0. The number of carboxylic acid groups (broad SMARTS) is 1. The fraction of sp³-hybridized carbons (Fsp3) is 0.316. The van der Waals surface area contributed by atoms with E-state index >= 15 is 0 Å². The smallest absolute Gasteiger partial charge is 0.335 e. The maximum Gasteiger partial charge on any atom is 0.335 e. The Kier molecular flexibility index (Phi) is 5.68. The van der Waals surface area contributed by atoms with Crippen LogP contribution in [0.5, 0.6) is 0 Å². The second-order valence-corrected chi connectivity index (χ2v) is 6.16. The van der Waals surface area contributed by atoms with E-state index in [9.17, 15) is 9.59 Å². The number of rotatable bonds is 6. The van der Waals surface area contributed by atoms with E-state index in [2.05, 4.69) is 18.8 Å². The van der Waals surface area contributed by atoms with Crippen molar-refractivity contribution in [2.45, 2.75) is 33.4 Å². The normalized spacial score (nSPS) is 12.0. The van der Waals surface area contributed by atoms with Crippen LogP contribution >= 0.6 is 0 Å². The van der Waals surface area contributed by atoms with Gasteiger partial charge in [-0.15, -0.1) is 0 Å². The highest BCUT2D eigenvalue weighted by molar-refractivity contribution is 5.94. The number of hydrogen-bond donors (Lipinski definition) is 1. The summed E-state index contributed by atoms with van der Waals surface area (Å²) in [5.41, 5.74) is 1.68. The lowest BCUT2D eigenvalue weighted by Gasteiger charge is -2.32. The van der Waals surface area contributed by atoms with Crippen molar-refractivity contribution < 1.29 is 14.7 Å². The molecule has 0 radical (unpaired) electrons. The Labute approximate surface area is 142 Å². The number of aromatic carboxylic acids is 1. The molecule has 1 N–H and O–H groups in total. The van der Waals surface area contributed by atoms with Crippen LogP contribution in [0.4, 0.5) is 0 Å². The van der Waals surface area contributed by atoms with Gasteiger partial charge in [-0.05, 0) is 42.7 Å². The molecule has 1 heterocycles. The third-order valence-corrected chi connectivity index (χ3v) is 4.18. The minimum atomic E-state index is -0.958. The van der Waals surface area contributed by atoms with Crippen molar-refractivity contribution in [3.8, 4) is 0 Å². The molecule has 0 aliphatic carbocycles. The summed E-state index contributed by atoms with van der Waals surface area (Å²) in [6.45, 7) is 6.58. The van der Waals surface area contributed by atoms with Gasteiger partial charge in [-0.2, -0.15) is 0 Å². The van der Waals surface area contributed by atoms with E-state index in [0.29, 0.717) is 18.0 Å². The van der Waals surface area contributed by atoms with E-state index in [-0.39, 0.29) is 17.5 Å². The fourth-order valence-corrected chi connectivity index (χ4v) is 2.37. The molecule has 1 aromatic carbocycles. The van der Waals surface area contributed by atoms with Crippen LogP contribution in [-0.2, 0) is 6.54 Å². The summed E-state index contributed by atoms with van der Waals surface area (Å²) in [7, 11) is 0. The molecule has 5 heteroatoms. The Hall–Kier alpha value is -2.69. The van der Waals surface area contributed by atoms with Crippen LogP contribution in [0.2, 0.25) is 0 Å². The van der Waals surface area contributed by atoms with E-state index in [1.54, 1.807) is 53.7 Å². The van der Waals surface area contributed by atoms with E-state index in [1.165, 1.54) is 0 Å². The zero-order chi connectivity index (χ0) is 17.7. The molecule has 0 aliphatic heterocycles. The molecule has 126 valence electrons. The zero-order valence-electron chi connectivity index (χ0n) is 14.1. The summed E-state index contributed by atoms with van der Waals surface area (Å²) in [6, 6.07) is 10.2. The molecular weight excluding hydrogens is 304 g/mol. The van der Waals surface area contributed by atoms with Gasteiger partial charge in [0.05, 0.1) is 11.1 Å². The Balaban J connectivity index is 2.26. The number of pyridine rings is 1. The summed E-state index contributed by atoms with van der Waals surface area (Å²) in [5.74, 6) is -0.740. The van der Waals surface area contributed by atoms with Gasteiger partial charge in [0.25, 0.3) is 5.91 Å². The third kappa shape index (κ3) is 4.19. The standard InChI is InChI=1S/C19H22N2O3/c1-13(2)14(3)21(18(22)17-5-4-10-20-11-17)12-15-6-8-16(9-7-15)19(23)24/h4-11,13-14H,12H2,1-3H3,(H,23,24). The SMILES string of the molecule is CC(C)C(C)N(Cc1ccc(C(=O)O)cc1)C(=O)c1cccnc1. The number of carbonyl (C=O) groups excluding carboxylic acids is 1. The van der Waals surface area contributed by atoms with Crippen molar-refractivity contribution >= 4 is 11.9 Å². The Morgan fingerprint density at radius 3 is 2.25 bits per heavy atom. The number of aromatic nitrogens is 1. The van der Waals surface area contributed by atoms with Crippen molar-refractivity contribution in [1.29, 1.82) is 0 Å². The maximum absolute atomic E-state index is 12.9. The van der Waals surface area contributed by atoms with E-state index in [0.717, 1.165) is 5.56 Å². The van der Waals surface area contributed by atoms with Gasteiger partial charge >= 0.3 is 5.97 Å². The van der Waals surface area contributed by atoms with Crippen LogP contribution in [-0.4, -0.2) is 32.9 Å². The van der Waals surface area contributed by atoms with Gasteiger partial charge in [-0.25, -0.2) is 4.79 Å². The van der Waals surface area contributed by atoms with Gasteiger partial charge in [-0.3, -0.25) is 9.78 Å². The minimum Gasteiger partial charge on any atom is -0.478 e. The lowest BCUT2D eigenvalue weighted by Crippen LogP contribution is -2.41. The van der Waals surface area contributed by atoms with Crippen LogP contribution in [0.1, 0.15) is 47.1 Å². The van der Waals surface area contributed by atoms with E-state index in [4.69, 9.17) is 5.11 Å². The third-order valence-electron chi connectivity index (χ3n) is 4.18. The van der Waals surface area contributed by atoms with Crippen LogP contribution in [0.25, 0.3) is 0 Å². The highest BCUT2D eigenvalue weighted by Gasteiger charge is 2.24. The summed E-state index contributed by atoms with van der Waals surface area (Å²) in [6.07, 6.45) is 3.20. The second kappa shape index (κ2) is 7.73. The number of carboxylic acids is 1. The van der Waals surface area contributed by atoms with Crippen molar-refractivity contribution in [3.05, 3.63) is 65.5 Å². The molecule has 0 spiro atoms. The van der Waals surface area contributed by atoms with Crippen LogP contribution in [0.15, 0.2) is 48.8 Å². The number of carbonyl (C=O) groups is 2. The highest BCUT2D eigenvalue weighted by atomic mass is 16.4. The van der Waals surface area contributed by atoms with Crippen LogP contribution in [0, 0.1) is 5.92 Å². The average molecular weight is 326 g/mol. The van der Waals surface area contributed by atoms with Gasteiger partial charge in [0, 0.05) is 25.0 Å². The minimum absolute atomic E-state index is 0.0388. The zero-order valence-corrected chi connectivity index (χ0v) is 14.1. The first-order valence-corrected chi connectivity index (χ1v) is 7.93. The molecule has 0 saturated carbocycles. The molecule has 2 rings (SSSR count). The molecule has 0 aliphatic rings. The monoisotopic (exact) mass is 326 g/mol. The number of nitrogens with zero attached hydrogens (tertiary/aromatic N) is 2. The highest BCUT2D eigenvalue weighted by Crippen LogP contribution is 2.18. The topological polar surface area (TPSA) is 70.5 Å². The summed E-state index contributed by atoms with van der Waals surface area (Å²) < 4.78 is 0. The first-order valence-electron chi connectivity index (χ1n) is 7.93. The number of amides is 1. The number of benzene rings is 1. The van der Waals surface area contributed by atoms with Gasteiger partial charge in [0.2, 0.25) is 0 Å². The van der Waals surface area contributed by atoms with E-state index in [1.807, 2.05) is 6.92 Å². The van der Waals surface area contributed by atoms with Crippen molar-refractivity contribution in [2.75, 3.05) is 0 Å². The molecule has 1 amide bonds. The summed E-state index contributed by atoms with van der Waals surface area (Å²) in [4.78, 5) is 29.6. The van der Waals surface area contributed by atoms with Gasteiger partial charge in [0.15, 0.2) is 0 Å². The van der Waals surface area contributed by atoms with Crippen LogP contribution in [0.3, 0.4) is 0 Å². The Bertz CT molecular complexity index is 696. The first-order chi connectivity index (χ1) is 11.4. The molecule has 0 saturated heterocycles. The largest absolute Gasteiger partial charge is 0.478 e. The molecule has 2 aromatic rings. The first kappa shape index (κ1) is 17.7. The molecule has 0 fully saturated rings.